The first-order chi connectivity index (χ1) is 12.4. The molecule has 2 unspecified atom stereocenters. The van der Waals surface area contributed by atoms with Crippen molar-refractivity contribution in [1.29, 1.82) is 0 Å². The van der Waals surface area contributed by atoms with Gasteiger partial charge in [-0.05, 0) is 38.0 Å². The average Bonchev–Trinajstić information content (AvgIpc) is 2.61. The molecule has 1 aliphatic rings. The van der Waals surface area contributed by atoms with Crippen molar-refractivity contribution in [1.82, 2.24) is 10.6 Å². The van der Waals surface area contributed by atoms with E-state index in [9.17, 15) is 4.79 Å². The zero-order valence-electron chi connectivity index (χ0n) is 17.4. The number of aliphatic imine (C=N–C) groups is 1. The Morgan fingerprint density at radius 3 is 2.65 bits per heavy atom. The summed E-state index contributed by atoms with van der Waals surface area (Å²) in [4.78, 5) is 15.9. The van der Waals surface area contributed by atoms with E-state index < -0.39 is 0 Å². The summed E-state index contributed by atoms with van der Waals surface area (Å²) in [6.07, 6.45) is 5.95. The molecule has 0 amide bonds. The van der Waals surface area contributed by atoms with Gasteiger partial charge in [-0.1, -0.05) is 27.2 Å². The van der Waals surface area contributed by atoms with Crippen LogP contribution in [-0.4, -0.2) is 51.4 Å². The maximum Gasteiger partial charge on any atom is 0.305 e. The van der Waals surface area contributed by atoms with Crippen LogP contribution in [0.4, 0.5) is 0 Å². The zero-order chi connectivity index (χ0) is 19.4. The number of nitrogens with one attached hydrogen (secondary N) is 2. The quantitative estimate of drug-likeness (QED) is 0.283. The van der Waals surface area contributed by atoms with Gasteiger partial charge in [0.15, 0.2) is 5.96 Å². The number of hydrogen-bond acceptors (Lipinski definition) is 4. The van der Waals surface area contributed by atoms with Gasteiger partial charge in [-0.3, -0.25) is 9.79 Å². The molecule has 2 N–H and O–H groups in total. The number of nitrogens with zero attached hydrogens (tertiary/aromatic N) is 1. The Labute approximate surface area is 159 Å². The highest BCUT2D eigenvalue weighted by Gasteiger charge is 2.35. The molecule has 1 rings (SSSR count). The van der Waals surface area contributed by atoms with Gasteiger partial charge in [-0.2, -0.15) is 0 Å². The maximum absolute atomic E-state index is 11.1. The molecule has 26 heavy (non-hydrogen) atoms. The second-order valence-electron chi connectivity index (χ2n) is 8.09. The van der Waals surface area contributed by atoms with Gasteiger partial charge < -0.3 is 20.1 Å². The summed E-state index contributed by atoms with van der Waals surface area (Å²) in [5, 5.41) is 6.72. The third kappa shape index (κ3) is 8.88. The normalized spacial score (nSPS) is 21.3. The van der Waals surface area contributed by atoms with Crippen molar-refractivity contribution < 1.29 is 14.3 Å². The molecule has 152 valence electrons. The zero-order valence-corrected chi connectivity index (χ0v) is 17.4. The molecule has 6 nitrogen and oxygen atoms in total. The first-order valence-corrected chi connectivity index (χ1v) is 10.1. The smallest absolute Gasteiger partial charge is 0.305 e. The van der Waals surface area contributed by atoms with Gasteiger partial charge in [-0.25, -0.2) is 0 Å². The van der Waals surface area contributed by atoms with E-state index in [1.54, 1.807) is 0 Å². The molecule has 0 radical (unpaired) electrons. The van der Waals surface area contributed by atoms with Crippen LogP contribution in [-0.2, 0) is 14.3 Å². The fourth-order valence-corrected chi connectivity index (χ4v) is 3.42. The van der Waals surface area contributed by atoms with Gasteiger partial charge in [0.25, 0.3) is 0 Å². The Bertz CT molecular complexity index is 433. The number of guanidine groups is 1. The molecule has 6 heteroatoms. The van der Waals surface area contributed by atoms with Gasteiger partial charge in [0.2, 0.25) is 0 Å². The van der Waals surface area contributed by atoms with Gasteiger partial charge >= 0.3 is 5.97 Å². The number of carbonyl (C=O) groups excluding carboxylic acids is 1. The van der Waals surface area contributed by atoms with E-state index in [2.05, 4.69) is 43.1 Å². The number of hydrogen-bond donors (Lipinski definition) is 2. The summed E-state index contributed by atoms with van der Waals surface area (Å²) in [7, 11) is 1.44. The van der Waals surface area contributed by atoms with E-state index in [1.807, 2.05) is 0 Å². The molecule has 0 bridgehead atoms. The predicted octanol–water partition coefficient (Wildman–Crippen LogP) is 3.12. The van der Waals surface area contributed by atoms with Crippen LogP contribution < -0.4 is 10.6 Å². The lowest BCUT2D eigenvalue weighted by atomic mass is 9.78. The van der Waals surface area contributed by atoms with Gasteiger partial charge in [-0.15, -0.1) is 0 Å². The molecule has 1 aliphatic heterocycles. The van der Waals surface area contributed by atoms with Crippen molar-refractivity contribution in [2.24, 2.45) is 16.3 Å². The van der Waals surface area contributed by atoms with E-state index in [0.29, 0.717) is 12.3 Å². The highest BCUT2D eigenvalue weighted by atomic mass is 16.5. The molecular formula is C20H39N3O3. The van der Waals surface area contributed by atoms with Crippen molar-refractivity contribution >= 4 is 11.9 Å². The number of esters is 1. The standard InChI is InChI=1S/C20H39N3O3/c1-6-21-19(22-13-9-7-8-12-17(24)25-5)23-15-16-11-10-14-26-18(16)20(2,3)4/h16,18H,6-15H2,1-5H3,(H2,21,22,23). The summed E-state index contributed by atoms with van der Waals surface area (Å²) >= 11 is 0. The minimum atomic E-state index is -0.129. The molecule has 0 spiro atoms. The lowest BCUT2D eigenvalue weighted by Crippen LogP contribution is -2.42. The Morgan fingerprint density at radius 1 is 1.23 bits per heavy atom. The van der Waals surface area contributed by atoms with Crippen LogP contribution in [0.25, 0.3) is 0 Å². The monoisotopic (exact) mass is 369 g/mol. The molecule has 0 aromatic heterocycles. The second kappa shape index (κ2) is 12.2. The van der Waals surface area contributed by atoms with Crippen LogP contribution in [0, 0.1) is 11.3 Å². The van der Waals surface area contributed by atoms with Crippen molar-refractivity contribution in [2.75, 3.05) is 33.4 Å². The molecule has 1 heterocycles. The molecule has 1 fully saturated rings. The van der Waals surface area contributed by atoms with E-state index in [4.69, 9.17) is 9.73 Å². The Morgan fingerprint density at radius 2 is 2.00 bits per heavy atom. The number of rotatable bonds is 9. The van der Waals surface area contributed by atoms with Gasteiger partial charge in [0, 0.05) is 38.6 Å². The largest absolute Gasteiger partial charge is 0.469 e. The Balaban J connectivity index is 2.41. The van der Waals surface area contributed by atoms with Crippen molar-refractivity contribution in [2.45, 2.75) is 72.3 Å². The molecule has 0 aliphatic carbocycles. The van der Waals surface area contributed by atoms with Crippen LogP contribution in [0.1, 0.15) is 66.2 Å². The minimum Gasteiger partial charge on any atom is -0.469 e. The summed E-state index contributed by atoms with van der Waals surface area (Å²) in [5.41, 5.74) is 0.145. The molecule has 0 aromatic rings. The van der Waals surface area contributed by atoms with E-state index in [1.165, 1.54) is 13.5 Å². The van der Waals surface area contributed by atoms with Crippen LogP contribution in [0.15, 0.2) is 4.99 Å². The van der Waals surface area contributed by atoms with E-state index in [0.717, 1.165) is 57.9 Å². The maximum atomic E-state index is 11.1. The van der Waals surface area contributed by atoms with E-state index in [-0.39, 0.29) is 17.5 Å². The first kappa shape index (κ1) is 22.7. The van der Waals surface area contributed by atoms with Gasteiger partial charge in [0.05, 0.1) is 13.2 Å². The number of carbonyl (C=O) groups is 1. The fraction of sp³-hybridized carbons (Fsp3) is 0.900. The predicted molar refractivity (Wildman–Crippen MR) is 106 cm³/mol. The number of unbranched alkanes of at least 4 members (excludes halogenated alkanes) is 2. The highest BCUT2D eigenvalue weighted by Crippen LogP contribution is 2.34. The van der Waals surface area contributed by atoms with Crippen LogP contribution in [0.3, 0.4) is 0 Å². The Hall–Kier alpha value is -1.30. The SMILES string of the molecule is CCNC(=NCC1CCCOC1C(C)(C)C)NCCCCCC(=O)OC. The second-order valence-corrected chi connectivity index (χ2v) is 8.09. The third-order valence-electron chi connectivity index (χ3n) is 4.70. The van der Waals surface area contributed by atoms with Crippen molar-refractivity contribution in [3.63, 3.8) is 0 Å². The first-order valence-electron chi connectivity index (χ1n) is 10.1. The van der Waals surface area contributed by atoms with Crippen LogP contribution in [0.2, 0.25) is 0 Å². The van der Waals surface area contributed by atoms with E-state index >= 15 is 0 Å². The van der Waals surface area contributed by atoms with Crippen LogP contribution >= 0.6 is 0 Å². The van der Waals surface area contributed by atoms with Crippen LogP contribution in [0.5, 0.6) is 0 Å². The van der Waals surface area contributed by atoms with Crippen molar-refractivity contribution in [3.8, 4) is 0 Å². The average molecular weight is 370 g/mol. The molecule has 0 aromatic carbocycles. The summed E-state index contributed by atoms with van der Waals surface area (Å²) in [6, 6.07) is 0. The lowest BCUT2D eigenvalue weighted by Gasteiger charge is -2.39. The molecule has 0 saturated carbocycles. The lowest BCUT2D eigenvalue weighted by molar-refractivity contribution is -0.140. The third-order valence-corrected chi connectivity index (χ3v) is 4.70. The number of methoxy groups -OCH3 is 1. The number of ether oxygens (including phenoxy) is 2. The van der Waals surface area contributed by atoms with Gasteiger partial charge in [0.1, 0.15) is 0 Å². The molecular weight excluding hydrogens is 330 g/mol. The Kier molecular flexibility index (Phi) is 10.6. The van der Waals surface area contributed by atoms with Crippen molar-refractivity contribution in [3.05, 3.63) is 0 Å². The topological polar surface area (TPSA) is 72.0 Å². The molecule has 1 saturated heterocycles. The summed E-state index contributed by atoms with van der Waals surface area (Å²) in [6.45, 7) is 12.2. The summed E-state index contributed by atoms with van der Waals surface area (Å²) in [5.74, 6) is 1.22. The molecule has 2 atom stereocenters. The highest BCUT2D eigenvalue weighted by molar-refractivity contribution is 5.79. The summed E-state index contributed by atoms with van der Waals surface area (Å²) < 4.78 is 10.7. The fourth-order valence-electron chi connectivity index (χ4n) is 3.42. The minimum absolute atomic E-state index is 0.129.